The molecule has 0 radical (unpaired) electrons. The molecule has 19 heavy (non-hydrogen) atoms. The highest BCUT2D eigenvalue weighted by Crippen LogP contribution is 2.20. The second-order valence-corrected chi connectivity index (χ2v) is 4.53. The minimum Gasteiger partial charge on any atom is -0.497 e. The van der Waals surface area contributed by atoms with Crippen LogP contribution in [0.5, 0.6) is 5.75 Å². The zero-order valence-electron chi connectivity index (χ0n) is 11.3. The van der Waals surface area contributed by atoms with Gasteiger partial charge in [-0.2, -0.15) is 0 Å². The molecule has 1 unspecified atom stereocenters. The molecule has 1 atom stereocenters. The molecule has 0 saturated heterocycles. The summed E-state index contributed by atoms with van der Waals surface area (Å²) in [5, 5.41) is 14.3. The van der Waals surface area contributed by atoms with Crippen LogP contribution in [-0.4, -0.2) is 30.4 Å². The van der Waals surface area contributed by atoms with Crippen molar-refractivity contribution in [2.24, 2.45) is 0 Å². The first-order valence-electron chi connectivity index (χ1n) is 5.97. The Balaban J connectivity index is 2.74. The Bertz CT molecular complexity index is 448. The molecule has 1 aromatic carbocycles. The van der Waals surface area contributed by atoms with Crippen LogP contribution in [0.4, 0.5) is 14.9 Å². The lowest BCUT2D eigenvalue weighted by molar-refractivity contribution is 0.172. The lowest BCUT2D eigenvalue weighted by Crippen LogP contribution is -2.50. The van der Waals surface area contributed by atoms with Gasteiger partial charge in [-0.3, -0.25) is 0 Å². The van der Waals surface area contributed by atoms with Gasteiger partial charge in [-0.05, 0) is 19.4 Å². The number of urea groups is 1. The van der Waals surface area contributed by atoms with Gasteiger partial charge in [0.25, 0.3) is 0 Å². The fourth-order valence-electron chi connectivity index (χ4n) is 1.43. The third-order valence-corrected chi connectivity index (χ3v) is 2.91. The maximum atomic E-state index is 13.2. The minimum atomic E-state index is -0.707. The van der Waals surface area contributed by atoms with E-state index in [1.807, 2.05) is 6.92 Å². The summed E-state index contributed by atoms with van der Waals surface area (Å²) < 4.78 is 18.2. The third kappa shape index (κ3) is 4.40. The molecule has 0 heterocycles. The number of anilines is 1. The van der Waals surface area contributed by atoms with Gasteiger partial charge in [0, 0.05) is 17.8 Å². The number of aliphatic hydroxyl groups excluding tert-OH is 1. The maximum Gasteiger partial charge on any atom is 0.319 e. The van der Waals surface area contributed by atoms with E-state index in [9.17, 15) is 14.3 Å². The number of aliphatic hydroxyl groups is 1. The van der Waals surface area contributed by atoms with E-state index in [1.165, 1.54) is 25.3 Å². The second kappa shape index (κ2) is 6.38. The van der Waals surface area contributed by atoms with Crippen LogP contribution in [-0.2, 0) is 0 Å². The molecule has 6 heteroatoms. The van der Waals surface area contributed by atoms with E-state index >= 15 is 0 Å². The molecule has 1 rings (SSSR count). The number of carbonyl (C=O) groups is 1. The molecular weight excluding hydrogens is 251 g/mol. The summed E-state index contributed by atoms with van der Waals surface area (Å²) in [6.07, 6.45) is 0.573. The fourth-order valence-corrected chi connectivity index (χ4v) is 1.43. The van der Waals surface area contributed by atoms with Crippen LogP contribution in [0.3, 0.4) is 0 Å². The smallest absolute Gasteiger partial charge is 0.319 e. The molecular formula is C13H19FN2O3. The monoisotopic (exact) mass is 270 g/mol. The average molecular weight is 270 g/mol. The molecule has 5 nitrogen and oxygen atoms in total. The minimum absolute atomic E-state index is 0.177. The second-order valence-electron chi connectivity index (χ2n) is 4.53. The van der Waals surface area contributed by atoms with Gasteiger partial charge >= 0.3 is 6.03 Å². The van der Waals surface area contributed by atoms with Crippen LogP contribution in [0.2, 0.25) is 0 Å². The van der Waals surface area contributed by atoms with Crippen LogP contribution in [0.1, 0.15) is 20.3 Å². The number of hydrogen-bond donors (Lipinski definition) is 3. The molecule has 3 N–H and O–H groups in total. The predicted octanol–water partition coefficient (Wildman–Crippen LogP) is 2.12. The zero-order chi connectivity index (χ0) is 14.5. The molecule has 0 aliphatic carbocycles. The van der Waals surface area contributed by atoms with Gasteiger partial charge in [0.1, 0.15) is 11.6 Å². The molecule has 0 aromatic heterocycles. The fraction of sp³-hybridized carbons (Fsp3) is 0.462. The van der Waals surface area contributed by atoms with Crippen molar-refractivity contribution in [2.75, 3.05) is 19.0 Å². The summed E-state index contributed by atoms with van der Waals surface area (Å²) >= 11 is 0. The SMILES string of the molecule is CCC(C)(CO)NC(=O)Nc1cc(F)cc(OC)c1. The van der Waals surface area contributed by atoms with Gasteiger partial charge in [-0.1, -0.05) is 6.92 Å². The van der Waals surface area contributed by atoms with Crippen molar-refractivity contribution in [3.05, 3.63) is 24.0 Å². The highest BCUT2D eigenvalue weighted by molar-refractivity contribution is 5.90. The molecule has 0 aliphatic heterocycles. The van der Waals surface area contributed by atoms with Crippen LogP contribution >= 0.6 is 0 Å². The number of halogens is 1. The number of carbonyl (C=O) groups excluding carboxylic acids is 1. The highest BCUT2D eigenvalue weighted by Gasteiger charge is 2.23. The average Bonchev–Trinajstić information content (AvgIpc) is 2.37. The molecule has 1 aromatic rings. The van der Waals surface area contributed by atoms with E-state index in [2.05, 4.69) is 10.6 Å². The lowest BCUT2D eigenvalue weighted by atomic mass is 10.0. The third-order valence-electron chi connectivity index (χ3n) is 2.91. The Morgan fingerprint density at radius 1 is 1.47 bits per heavy atom. The van der Waals surface area contributed by atoms with Crippen LogP contribution < -0.4 is 15.4 Å². The van der Waals surface area contributed by atoms with Gasteiger partial charge in [-0.15, -0.1) is 0 Å². The summed E-state index contributed by atoms with van der Waals surface area (Å²) in [4.78, 5) is 11.8. The van der Waals surface area contributed by atoms with Gasteiger partial charge in [0.15, 0.2) is 0 Å². The summed E-state index contributed by atoms with van der Waals surface area (Å²) in [7, 11) is 1.42. The summed E-state index contributed by atoms with van der Waals surface area (Å²) in [6.45, 7) is 3.39. The molecule has 0 bridgehead atoms. The van der Waals surface area contributed by atoms with E-state index in [-0.39, 0.29) is 12.3 Å². The standard InChI is InChI=1S/C13H19FN2O3/c1-4-13(2,8-17)16-12(18)15-10-5-9(14)6-11(7-10)19-3/h5-7,17H,4,8H2,1-3H3,(H2,15,16,18). The van der Waals surface area contributed by atoms with Gasteiger partial charge in [-0.25, -0.2) is 9.18 Å². The summed E-state index contributed by atoms with van der Waals surface area (Å²) in [6, 6.07) is 3.40. The number of ether oxygens (including phenoxy) is 1. The topological polar surface area (TPSA) is 70.6 Å². The number of methoxy groups -OCH3 is 1. The molecule has 2 amide bonds. The van der Waals surface area contributed by atoms with Crippen LogP contribution in [0.25, 0.3) is 0 Å². The van der Waals surface area contributed by atoms with Crippen molar-refractivity contribution >= 4 is 11.7 Å². The van der Waals surface area contributed by atoms with Crippen molar-refractivity contribution in [3.63, 3.8) is 0 Å². The summed E-state index contributed by atoms with van der Waals surface area (Å²) in [5.74, 6) is -0.189. The number of rotatable bonds is 5. The van der Waals surface area contributed by atoms with E-state index < -0.39 is 17.4 Å². The maximum absolute atomic E-state index is 13.2. The Labute approximate surface area is 111 Å². The molecule has 0 aliphatic rings. The quantitative estimate of drug-likeness (QED) is 0.767. The van der Waals surface area contributed by atoms with Crippen LogP contribution in [0.15, 0.2) is 18.2 Å². The van der Waals surface area contributed by atoms with Crippen molar-refractivity contribution in [1.29, 1.82) is 0 Å². The largest absolute Gasteiger partial charge is 0.497 e. The van der Waals surface area contributed by atoms with Gasteiger partial charge < -0.3 is 20.5 Å². The van der Waals surface area contributed by atoms with E-state index in [4.69, 9.17) is 4.74 Å². The zero-order valence-corrected chi connectivity index (χ0v) is 11.3. The molecule has 106 valence electrons. The van der Waals surface area contributed by atoms with Crippen molar-refractivity contribution in [2.45, 2.75) is 25.8 Å². The Morgan fingerprint density at radius 3 is 2.68 bits per heavy atom. The Hall–Kier alpha value is -1.82. The molecule has 0 spiro atoms. The van der Waals surface area contributed by atoms with Crippen molar-refractivity contribution < 1.29 is 19.0 Å². The highest BCUT2D eigenvalue weighted by atomic mass is 19.1. The summed E-state index contributed by atoms with van der Waals surface area (Å²) in [5.41, 5.74) is -0.424. The number of benzene rings is 1. The van der Waals surface area contributed by atoms with Crippen molar-refractivity contribution in [1.82, 2.24) is 5.32 Å². The first-order chi connectivity index (χ1) is 8.92. The lowest BCUT2D eigenvalue weighted by Gasteiger charge is -2.27. The van der Waals surface area contributed by atoms with Crippen LogP contribution in [0, 0.1) is 5.82 Å². The van der Waals surface area contributed by atoms with Gasteiger partial charge in [0.05, 0.1) is 19.3 Å². The molecule has 0 fully saturated rings. The number of amides is 2. The van der Waals surface area contributed by atoms with Crippen molar-refractivity contribution in [3.8, 4) is 5.75 Å². The number of nitrogens with one attached hydrogen (secondary N) is 2. The first kappa shape index (κ1) is 15.2. The van der Waals surface area contributed by atoms with E-state index in [0.29, 0.717) is 12.2 Å². The van der Waals surface area contributed by atoms with Gasteiger partial charge in [0.2, 0.25) is 0 Å². The Morgan fingerprint density at radius 2 is 2.16 bits per heavy atom. The number of hydrogen-bond acceptors (Lipinski definition) is 3. The molecule has 0 saturated carbocycles. The normalized spacial score (nSPS) is 13.5. The van der Waals surface area contributed by atoms with E-state index in [0.717, 1.165) is 0 Å². The van der Waals surface area contributed by atoms with E-state index in [1.54, 1.807) is 6.92 Å². The first-order valence-corrected chi connectivity index (χ1v) is 5.97. The Kier molecular flexibility index (Phi) is 5.11. The predicted molar refractivity (Wildman–Crippen MR) is 70.9 cm³/mol.